The third kappa shape index (κ3) is 3.22. The molecule has 10 heavy (non-hydrogen) atoms. The van der Waals surface area contributed by atoms with Crippen LogP contribution in [0, 0.1) is 0 Å². The van der Waals surface area contributed by atoms with E-state index in [4.69, 9.17) is 11.6 Å². The minimum absolute atomic E-state index is 0.0981. The van der Waals surface area contributed by atoms with Gasteiger partial charge >= 0.3 is 0 Å². The van der Waals surface area contributed by atoms with Crippen molar-refractivity contribution in [1.82, 2.24) is 0 Å². The summed E-state index contributed by atoms with van der Waals surface area (Å²) in [5.41, 5.74) is 0. The Labute approximate surface area is 69.3 Å². The van der Waals surface area contributed by atoms with Crippen LogP contribution in [0.3, 0.4) is 0 Å². The maximum atomic E-state index is 10.6. The lowest BCUT2D eigenvalue weighted by Gasteiger charge is -2.15. The van der Waals surface area contributed by atoms with Crippen molar-refractivity contribution in [1.29, 1.82) is 0 Å². The molecule has 0 radical (unpaired) electrons. The van der Waals surface area contributed by atoms with Gasteiger partial charge in [-0.25, -0.2) is 0 Å². The zero-order valence-corrected chi connectivity index (χ0v) is 7.68. The third-order valence-corrected chi connectivity index (χ3v) is 2.44. The average Bonchev–Trinajstić information content (AvgIpc) is 1.60. The molecule has 0 bridgehead atoms. The fourth-order valence-corrected chi connectivity index (χ4v) is 1.31. The van der Waals surface area contributed by atoms with Crippen LogP contribution in [-0.4, -0.2) is 15.1 Å². The Morgan fingerprint density at radius 3 is 1.90 bits per heavy atom. The zero-order chi connectivity index (χ0) is 8.36. The molecule has 58 valence electrons. The number of rotatable bonds is 2. The number of thioether (sulfide) groups is 1. The molecule has 0 N–H and O–H groups in total. The lowest BCUT2D eigenvalue weighted by atomic mass is 10.2. The number of hydrogen-bond donors (Lipinski definition) is 0. The Hall–Kier alpha value is -0.0200. The number of carbonyl (C=O) groups is 2. The van der Waals surface area contributed by atoms with E-state index in [0.717, 1.165) is 11.8 Å². The van der Waals surface area contributed by atoms with Crippen LogP contribution in [0.15, 0.2) is 0 Å². The first-order valence-corrected chi connectivity index (χ1v) is 3.95. The van der Waals surface area contributed by atoms with Crippen molar-refractivity contribution >= 4 is 33.7 Å². The molecular weight excluding hydrogens is 172 g/mol. The summed E-state index contributed by atoms with van der Waals surface area (Å²) < 4.78 is -0.784. The van der Waals surface area contributed by atoms with E-state index in [9.17, 15) is 9.59 Å². The van der Waals surface area contributed by atoms with E-state index in [1.807, 2.05) is 0 Å². The molecule has 0 aliphatic rings. The predicted molar refractivity (Wildman–Crippen MR) is 43.2 cm³/mol. The summed E-state index contributed by atoms with van der Waals surface area (Å²) in [5, 5.41) is -0.591. The van der Waals surface area contributed by atoms with Crippen LogP contribution >= 0.6 is 23.4 Å². The Bertz CT molecular complexity index is 165. The van der Waals surface area contributed by atoms with E-state index in [-0.39, 0.29) is 5.12 Å². The Morgan fingerprint density at radius 1 is 1.40 bits per heavy atom. The molecule has 0 atom stereocenters. The highest BCUT2D eigenvalue weighted by atomic mass is 35.5. The van der Waals surface area contributed by atoms with E-state index in [2.05, 4.69) is 0 Å². The van der Waals surface area contributed by atoms with Crippen molar-refractivity contribution < 1.29 is 9.59 Å². The van der Waals surface area contributed by atoms with Gasteiger partial charge in [0.1, 0.15) is 0 Å². The monoisotopic (exact) mass is 180 g/mol. The standard InChI is InChI=1S/C6H9ClO2S/c1-4(8)10-6(2,3)5(7)9/h1-3H3. The van der Waals surface area contributed by atoms with Gasteiger partial charge in [-0.2, -0.15) is 0 Å². The van der Waals surface area contributed by atoms with E-state index < -0.39 is 9.99 Å². The Morgan fingerprint density at radius 2 is 1.80 bits per heavy atom. The van der Waals surface area contributed by atoms with Gasteiger partial charge in [0.05, 0.1) is 4.75 Å². The van der Waals surface area contributed by atoms with Gasteiger partial charge in [0.2, 0.25) is 5.24 Å². The molecule has 0 amide bonds. The molecule has 0 unspecified atom stereocenters. The first kappa shape index (κ1) is 9.98. The molecule has 0 aliphatic heterocycles. The second-order valence-corrected chi connectivity index (χ2v) is 4.52. The molecule has 4 heteroatoms. The summed E-state index contributed by atoms with van der Waals surface area (Å²) in [5.74, 6) is 0. The van der Waals surface area contributed by atoms with Gasteiger partial charge in [0, 0.05) is 6.92 Å². The van der Waals surface area contributed by atoms with E-state index in [0.29, 0.717) is 0 Å². The van der Waals surface area contributed by atoms with E-state index in [1.54, 1.807) is 13.8 Å². The molecule has 0 saturated carbocycles. The largest absolute Gasteiger partial charge is 0.288 e. The van der Waals surface area contributed by atoms with Crippen LogP contribution in [-0.2, 0) is 9.59 Å². The van der Waals surface area contributed by atoms with Crippen LogP contribution in [0.2, 0.25) is 0 Å². The van der Waals surface area contributed by atoms with Crippen molar-refractivity contribution in [2.75, 3.05) is 0 Å². The van der Waals surface area contributed by atoms with Crippen LogP contribution < -0.4 is 0 Å². The van der Waals surface area contributed by atoms with Gasteiger partial charge < -0.3 is 0 Å². The van der Waals surface area contributed by atoms with Crippen LogP contribution in [0.4, 0.5) is 0 Å². The molecule has 0 aliphatic carbocycles. The minimum atomic E-state index is -0.784. The fraction of sp³-hybridized carbons (Fsp3) is 0.667. The lowest BCUT2D eigenvalue weighted by molar-refractivity contribution is -0.114. The third-order valence-electron chi connectivity index (χ3n) is 0.872. The topological polar surface area (TPSA) is 34.1 Å². The number of hydrogen-bond acceptors (Lipinski definition) is 3. The van der Waals surface area contributed by atoms with Gasteiger partial charge in [0.15, 0.2) is 5.12 Å². The van der Waals surface area contributed by atoms with Crippen LogP contribution in [0.25, 0.3) is 0 Å². The van der Waals surface area contributed by atoms with Gasteiger partial charge in [0.25, 0.3) is 0 Å². The summed E-state index contributed by atoms with van der Waals surface area (Å²) >= 11 is 6.15. The van der Waals surface area contributed by atoms with Crippen molar-refractivity contribution in [2.45, 2.75) is 25.5 Å². The fourth-order valence-electron chi connectivity index (χ4n) is 0.399. The summed E-state index contributed by atoms with van der Waals surface area (Å²) in [6.07, 6.45) is 0. The number of carbonyl (C=O) groups excluding carboxylic acids is 2. The number of halogens is 1. The van der Waals surface area contributed by atoms with Gasteiger partial charge in [-0.1, -0.05) is 11.8 Å². The molecule has 0 saturated heterocycles. The highest BCUT2D eigenvalue weighted by molar-refractivity contribution is 8.15. The van der Waals surface area contributed by atoms with Crippen LogP contribution in [0.5, 0.6) is 0 Å². The van der Waals surface area contributed by atoms with Crippen molar-refractivity contribution in [3.63, 3.8) is 0 Å². The molecule has 0 rings (SSSR count). The Balaban J connectivity index is 4.13. The zero-order valence-electron chi connectivity index (χ0n) is 6.10. The summed E-state index contributed by atoms with van der Waals surface area (Å²) in [6, 6.07) is 0. The summed E-state index contributed by atoms with van der Waals surface area (Å²) in [4.78, 5) is 21.1. The second-order valence-electron chi connectivity index (χ2n) is 2.38. The molecule has 0 heterocycles. The molecule has 0 aromatic rings. The molecule has 2 nitrogen and oxygen atoms in total. The Kier molecular flexibility index (Phi) is 3.39. The molecule has 0 aromatic carbocycles. The van der Waals surface area contributed by atoms with Gasteiger partial charge in [-0.3, -0.25) is 9.59 Å². The molecular formula is C6H9ClO2S. The van der Waals surface area contributed by atoms with Crippen molar-refractivity contribution in [3.05, 3.63) is 0 Å². The maximum absolute atomic E-state index is 10.6. The summed E-state index contributed by atoms with van der Waals surface area (Å²) in [6.45, 7) is 4.65. The van der Waals surface area contributed by atoms with E-state index in [1.165, 1.54) is 6.92 Å². The highest BCUT2D eigenvalue weighted by Gasteiger charge is 2.28. The highest BCUT2D eigenvalue weighted by Crippen LogP contribution is 2.26. The van der Waals surface area contributed by atoms with Crippen molar-refractivity contribution in [3.8, 4) is 0 Å². The molecule has 0 spiro atoms. The smallest absolute Gasteiger partial charge is 0.237 e. The molecule has 0 aromatic heterocycles. The second kappa shape index (κ2) is 3.39. The first-order chi connectivity index (χ1) is 4.36. The lowest BCUT2D eigenvalue weighted by Crippen LogP contribution is -2.24. The quantitative estimate of drug-likeness (QED) is 0.608. The van der Waals surface area contributed by atoms with Gasteiger partial charge in [-0.05, 0) is 25.4 Å². The SMILES string of the molecule is CC(=O)SC(C)(C)C(=O)Cl. The minimum Gasteiger partial charge on any atom is -0.288 e. The predicted octanol–water partition coefficient (Wildman–Crippen LogP) is 1.81. The van der Waals surface area contributed by atoms with Crippen LogP contribution in [0.1, 0.15) is 20.8 Å². The van der Waals surface area contributed by atoms with E-state index >= 15 is 0 Å². The average molecular weight is 181 g/mol. The normalized spacial score (nSPS) is 11.2. The van der Waals surface area contributed by atoms with Gasteiger partial charge in [-0.15, -0.1) is 0 Å². The first-order valence-electron chi connectivity index (χ1n) is 2.76. The maximum Gasteiger partial charge on any atom is 0.237 e. The summed E-state index contributed by atoms with van der Waals surface area (Å²) in [7, 11) is 0. The molecule has 0 fully saturated rings. The van der Waals surface area contributed by atoms with Crippen molar-refractivity contribution in [2.24, 2.45) is 0 Å².